The Morgan fingerprint density at radius 1 is 1.29 bits per heavy atom. The van der Waals surface area contributed by atoms with Crippen LogP contribution in [0.4, 0.5) is 15.1 Å². The van der Waals surface area contributed by atoms with Gasteiger partial charge in [-0.1, -0.05) is 6.07 Å². The number of carbonyl (C=O) groups excluding carboxylic acids is 1. The summed E-state index contributed by atoms with van der Waals surface area (Å²) in [5.74, 6) is -0.699. The summed E-state index contributed by atoms with van der Waals surface area (Å²) in [7, 11) is 1.38. The van der Waals surface area contributed by atoms with Gasteiger partial charge < -0.3 is 15.4 Å². The van der Waals surface area contributed by atoms with Crippen molar-refractivity contribution in [1.82, 2.24) is 0 Å². The average Bonchev–Trinajstić information content (AvgIpc) is 2.91. The van der Waals surface area contributed by atoms with Gasteiger partial charge in [-0.2, -0.15) is 0 Å². The van der Waals surface area contributed by atoms with Gasteiger partial charge in [-0.3, -0.25) is 0 Å². The number of fused-ring (bicyclic) bond motifs is 1. The number of benzene rings is 1. The number of ether oxygens (including phenoxy) is 1. The first kappa shape index (κ1) is 16.9. The van der Waals surface area contributed by atoms with Gasteiger partial charge in [0, 0.05) is 10.6 Å². The fourth-order valence-corrected chi connectivity index (χ4v) is 4.37. The molecule has 0 saturated carbocycles. The van der Waals surface area contributed by atoms with Gasteiger partial charge in [0.2, 0.25) is 0 Å². The second-order valence-corrected chi connectivity index (χ2v) is 7.01. The lowest BCUT2D eigenvalue weighted by atomic mass is 9.95. The third-order valence-electron chi connectivity index (χ3n) is 3.87. The number of thiocarbonyl (C=S) groups is 1. The molecule has 7 heteroatoms. The average molecular weight is 364 g/mol. The zero-order valence-electron chi connectivity index (χ0n) is 13.1. The van der Waals surface area contributed by atoms with Crippen molar-refractivity contribution in [2.24, 2.45) is 0 Å². The van der Waals surface area contributed by atoms with Crippen molar-refractivity contribution >= 4 is 45.3 Å². The molecule has 0 saturated heterocycles. The standard InChI is InChI=1S/C17H17FN2O2S2/c1-22-16(21)14-12-7-2-3-8-13(12)24-15(14)20-17(23)19-11-6-4-5-10(18)9-11/h4-6,9H,2-3,7-8H2,1H3,(H2,19,20,23). The molecule has 0 fully saturated rings. The van der Waals surface area contributed by atoms with E-state index in [1.165, 1.54) is 35.5 Å². The molecule has 4 nitrogen and oxygen atoms in total. The minimum Gasteiger partial charge on any atom is -0.465 e. The highest BCUT2D eigenvalue weighted by molar-refractivity contribution is 7.80. The highest BCUT2D eigenvalue weighted by Crippen LogP contribution is 2.38. The van der Waals surface area contributed by atoms with Crippen LogP contribution >= 0.6 is 23.6 Å². The molecule has 0 spiro atoms. The first-order valence-corrected chi connectivity index (χ1v) is 8.87. The van der Waals surface area contributed by atoms with E-state index in [-0.39, 0.29) is 11.8 Å². The summed E-state index contributed by atoms with van der Waals surface area (Å²) >= 11 is 6.83. The largest absolute Gasteiger partial charge is 0.465 e. The fraction of sp³-hybridized carbons (Fsp3) is 0.294. The van der Waals surface area contributed by atoms with Gasteiger partial charge in [0.25, 0.3) is 0 Å². The molecule has 3 rings (SSSR count). The molecule has 2 N–H and O–H groups in total. The molecule has 1 aliphatic rings. The summed E-state index contributed by atoms with van der Waals surface area (Å²) in [4.78, 5) is 13.4. The van der Waals surface area contributed by atoms with E-state index in [9.17, 15) is 9.18 Å². The lowest BCUT2D eigenvalue weighted by Gasteiger charge is -2.12. The molecule has 1 aromatic carbocycles. The Bertz CT molecular complexity index is 789. The first-order chi connectivity index (χ1) is 11.6. The van der Waals surface area contributed by atoms with E-state index < -0.39 is 0 Å². The van der Waals surface area contributed by atoms with Crippen LogP contribution in [0.25, 0.3) is 0 Å². The summed E-state index contributed by atoms with van der Waals surface area (Å²) in [5.41, 5.74) is 2.18. The van der Waals surface area contributed by atoms with Gasteiger partial charge >= 0.3 is 5.97 Å². The van der Waals surface area contributed by atoms with E-state index in [0.29, 0.717) is 21.4 Å². The molecule has 0 unspecified atom stereocenters. The van der Waals surface area contributed by atoms with Gasteiger partial charge in [0.05, 0.1) is 12.7 Å². The van der Waals surface area contributed by atoms with Crippen LogP contribution in [0.2, 0.25) is 0 Å². The van der Waals surface area contributed by atoms with Crippen molar-refractivity contribution in [3.8, 4) is 0 Å². The minimum absolute atomic E-state index is 0.310. The number of nitrogens with one attached hydrogen (secondary N) is 2. The fourth-order valence-electron chi connectivity index (χ4n) is 2.80. The molecular formula is C17H17FN2O2S2. The van der Waals surface area contributed by atoms with Crippen LogP contribution in [-0.2, 0) is 17.6 Å². The topological polar surface area (TPSA) is 50.4 Å². The maximum Gasteiger partial charge on any atom is 0.341 e. The normalized spacial score (nSPS) is 13.1. The summed E-state index contributed by atoms with van der Waals surface area (Å²) in [6.45, 7) is 0. The van der Waals surface area contributed by atoms with Crippen LogP contribution in [0.15, 0.2) is 24.3 Å². The van der Waals surface area contributed by atoms with Crippen LogP contribution in [0, 0.1) is 5.82 Å². The number of carbonyl (C=O) groups is 1. The number of esters is 1. The number of halogens is 1. The molecule has 24 heavy (non-hydrogen) atoms. The Morgan fingerprint density at radius 3 is 2.83 bits per heavy atom. The Hall–Kier alpha value is -1.99. The number of hydrogen-bond donors (Lipinski definition) is 2. The van der Waals surface area contributed by atoms with Crippen LogP contribution in [0.5, 0.6) is 0 Å². The minimum atomic E-state index is -0.356. The lowest BCUT2D eigenvalue weighted by Crippen LogP contribution is -2.20. The molecule has 0 aliphatic heterocycles. The van der Waals surface area contributed by atoms with Crippen molar-refractivity contribution in [1.29, 1.82) is 0 Å². The number of anilines is 2. The van der Waals surface area contributed by atoms with Crippen LogP contribution in [-0.4, -0.2) is 18.2 Å². The van der Waals surface area contributed by atoms with Gasteiger partial charge in [-0.25, -0.2) is 9.18 Å². The number of thiophene rings is 1. The number of aryl methyl sites for hydroxylation is 1. The first-order valence-electron chi connectivity index (χ1n) is 7.65. The van der Waals surface area contributed by atoms with E-state index in [1.54, 1.807) is 12.1 Å². The van der Waals surface area contributed by atoms with E-state index >= 15 is 0 Å². The molecule has 0 radical (unpaired) electrons. The van der Waals surface area contributed by atoms with Crippen LogP contribution in [0.3, 0.4) is 0 Å². The van der Waals surface area contributed by atoms with Crippen LogP contribution < -0.4 is 10.6 Å². The monoisotopic (exact) mass is 364 g/mol. The predicted molar refractivity (Wildman–Crippen MR) is 98.5 cm³/mol. The Balaban J connectivity index is 1.82. The quantitative estimate of drug-likeness (QED) is 0.626. The van der Waals surface area contributed by atoms with Crippen molar-refractivity contribution in [2.45, 2.75) is 25.7 Å². The van der Waals surface area contributed by atoms with E-state index in [1.807, 2.05) is 0 Å². The van der Waals surface area contributed by atoms with Gasteiger partial charge in [-0.05, 0) is 61.7 Å². The van der Waals surface area contributed by atoms with E-state index in [4.69, 9.17) is 17.0 Å². The summed E-state index contributed by atoms with van der Waals surface area (Å²) in [5, 5.41) is 6.99. The molecule has 1 heterocycles. The zero-order valence-corrected chi connectivity index (χ0v) is 14.8. The summed E-state index contributed by atoms with van der Waals surface area (Å²) < 4.78 is 18.2. The highest BCUT2D eigenvalue weighted by Gasteiger charge is 2.26. The maximum absolute atomic E-state index is 13.3. The predicted octanol–water partition coefficient (Wildman–Crippen LogP) is 4.36. The molecule has 1 aliphatic carbocycles. The lowest BCUT2D eigenvalue weighted by molar-refractivity contribution is 0.0601. The third kappa shape index (κ3) is 3.57. The molecule has 126 valence electrons. The second-order valence-electron chi connectivity index (χ2n) is 5.50. The molecule has 1 aromatic heterocycles. The second kappa shape index (κ2) is 7.27. The van der Waals surface area contributed by atoms with Crippen molar-refractivity contribution in [3.63, 3.8) is 0 Å². The zero-order chi connectivity index (χ0) is 17.1. The smallest absolute Gasteiger partial charge is 0.341 e. The van der Waals surface area contributed by atoms with Crippen molar-refractivity contribution in [2.75, 3.05) is 17.7 Å². The molecule has 2 aromatic rings. The Kier molecular flexibility index (Phi) is 5.11. The Labute approximate surface area is 149 Å². The van der Waals surface area contributed by atoms with Gasteiger partial charge in [-0.15, -0.1) is 11.3 Å². The number of rotatable bonds is 3. The molecule has 0 amide bonds. The van der Waals surface area contributed by atoms with Gasteiger partial charge in [0.15, 0.2) is 5.11 Å². The molecule has 0 bridgehead atoms. The summed E-state index contributed by atoms with van der Waals surface area (Å²) in [6.07, 6.45) is 4.04. The van der Waals surface area contributed by atoms with E-state index in [2.05, 4.69) is 10.6 Å². The van der Waals surface area contributed by atoms with Crippen LogP contribution in [0.1, 0.15) is 33.6 Å². The SMILES string of the molecule is COC(=O)c1c(NC(=S)Nc2cccc(F)c2)sc2c1CCCC2. The van der Waals surface area contributed by atoms with E-state index in [0.717, 1.165) is 31.2 Å². The number of methoxy groups -OCH3 is 1. The third-order valence-corrected chi connectivity index (χ3v) is 5.28. The van der Waals surface area contributed by atoms with Crippen molar-refractivity contribution < 1.29 is 13.9 Å². The Morgan fingerprint density at radius 2 is 2.08 bits per heavy atom. The number of hydrogen-bond acceptors (Lipinski definition) is 4. The molecule has 0 atom stereocenters. The maximum atomic E-state index is 13.3. The van der Waals surface area contributed by atoms with Crippen molar-refractivity contribution in [3.05, 3.63) is 46.1 Å². The van der Waals surface area contributed by atoms with Gasteiger partial charge in [0.1, 0.15) is 10.8 Å². The molecular weight excluding hydrogens is 347 g/mol. The summed E-state index contributed by atoms with van der Waals surface area (Å²) in [6, 6.07) is 6.04. The highest BCUT2D eigenvalue weighted by atomic mass is 32.1.